The van der Waals surface area contributed by atoms with E-state index in [1.165, 1.54) is 16.7 Å². The van der Waals surface area contributed by atoms with Crippen molar-refractivity contribution in [1.82, 2.24) is 10.2 Å². The number of nitrogens with zero attached hydrogens (tertiary/aromatic N) is 2. The van der Waals surface area contributed by atoms with Crippen molar-refractivity contribution in [3.05, 3.63) is 120 Å². The summed E-state index contributed by atoms with van der Waals surface area (Å²) in [6.45, 7) is 5.84. The molecule has 242 valence electrons. The number of hydrogen-bond donors (Lipinski definition) is 1. The molecule has 0 aliphatic heterocycles. The van der Waals surface area contributed by atoms with Gasteiger partial charge in [-0.05, 0) is 74.6 Å². The maximum absolute atomic E-state index is 14.6. The molecule has 8 nitrogen and oxygen atoms in total. The van der Waals surface area contributed by atoms with Crippen molar-refractivity contribution in [2.45, 2.75) is 49.6 Å². The Balaban J connectivity index is 1.83. The summed E-state index contributed by atoms with van der Waals surface area (Å²) in [5.41, 5.74) is 2.94. The third-order valence-electron chi connectivity index (χ3n) is 7.42. The first kappa shape index (κ1) is 34.6. The lowest BCUT2D eigenvalue weighted by molar-refractivity contribution is -0.140. The number of amides is 2. The SMILES string of the molecule is CCNC(=O)[C@H](Cc1ccccc1)N(Cc1cccc(C)c1)C(=O)CN(c1ccccc1OCC)S(=O)(=O)c1ccc(SC)cc1. The van der Waals surface area contributed by atoms with E-state index in [9.17, 15) is 18.0 Å². The number of hydrogen-bond acceptors (Lipinski definition) is 6. The molecule has 0 bridgehead atoms. The largest absolute Gasteiger partial charge is 0.492 e. The number of aryl methyl sites for hydroxylation is 1. The second kappa shape index (κ2) is 16.3. The molecule has 0 aliphatic carbocycles. The van der Waals surface area contributed by atoms with Gasteiger partial charge in [-0.15, -0.1) is 11.8 Å². The van der Waals surface area contributed by atoms with Gasteiger partial charge < -0.3 is 15.0 Å². The summed E-state index contributed by atoms with van der Waals surface area (Å²) in [5.74, 6) is -0.509. The van der Waals surface area contributed by atoms with Crippen molar-refractivity contribution < 1.29 is 22.7 Å². The van der Waals surface area contributed by atoms with Gasteiger partial charge in [0, 0.05) is 24.4 Å². The Bertz CT molecular complexity index is 1710. The minimum Gasteiger partial charge on any atom is -0.492 e. The van der Waals surface area contributed by atoms with Gasteiger partial charge in [0.05, 0.1) is 17.2 Å². The molecule has 0 aromatic heterocycles. The molecule has 4 aromatic rings. The van der Waals surface area contributed by atoms with Crippen LogP contribution >= 0.6 is 11.8 Å². The number of para-hydroxylation sites is 2. The molecule has 1 N–H and O–H groups in total. The highest BCUT2D eigenvalue weighted by Crippen LogP contribution is 2.33. The maximum Gasteiger partial charge on any atom is 0.264 e. The van der Waals surface area contributed by atoms with Crippen molar-refractivity contribution in [3.63, 3.8) is 0 Å². The van der Waals surface area contributed by atoms with E-state index in [2.05, 4.69) is 5.32 Å². The highest BCUT2D eigenvalue weighted by molar-refractivity contribution is 7.98. The maximum atomic E-state index is 14.6. The van der Waals surface area contributed by atoms with Crippen LogP contribution in [-0.4, -0.2) is 57.1 Å². The molecule has 4 rings (SSSR count). The van der Waals surface area contributed by atoms with E-state index >= 15 is 0 Å². The number of nitrogens with one attached hydrogen (secondary N) is 1. The first-order valence-corrected chi connectivity index (χ1v) is 17.9. The molecule has 0 saturated carbocycles. The molecule has 0 heterocycles. The van der Waals surface area contributed by atoms with Crippen LogP contribution < -0.4 is 14.4 Å². The summed E-state index contributed by atoms with van der Waals surface area (Å²) < 4.78 is 35.6. The molecule has 0 unspecified atom stereocenters. The molecule has 0 radical (unpaired) electrons. The van der Waals surface area contributed by atoms with Crippen LogP contribution in [0.2, 0.25) is 0 Å². The van der Waals surface area contributed by atoms with Crippen LogP contribution in [-0.2, 0) is 32.6 Å². The lowest BCUT2D eigenvalue weighted by atomic mass is 10.0. The van der Waals surface area contributed by atoms with Crippen molar-refractivity contribution in [2.24, 2.45) is 0 Å². The summed E-state index contributed by atoms with van der Waals surface area (Å²) in [6.07, 6.45) is 2.17. The Hall–Kier alpha value is -4.28. The van der Waals surface area contributed by atoms with Crippen LogP contribution in [0.4, 0.5) is 5.69 Å². The smallest absolute Gasteiger partial charge is 0.264 e. The van der Waals surface area contributed by atoms with Gasteiger partial charge in [0.25, 0.3) is 10.0 Å². The number of ether oxygens (including phenoxy) is 1. The van der Waals surface area contributed by atoms with Crippen LogP contribution in [0.15, 0.2) is 113 Å². The standard InChI is InChI=1S/C36H41N3O5S2/c1-5-37-36(41)33(24-28-14-8-7-9-15-28)38(25-29-16-12-13-27(3)23-29)35(40)26-39(32-17-10-11-18-34(32)44-6-2)46(42,43)31-21-19-30(45-4)20-22-31/h7-23,33H,5-6,24-26H2,1-4H3,(H,37,41)/t33-/m0/s1. The zero-order chi connectivity index (χ0) is 33.1. The van der Waals surface area contributed by atoms with Gasteiger partial charge in [-0.3, -0.25) is 13.9 Å². The Morgan fingerprint density at radius 2 is 1.54 bits per heavy atom. The molecule has 2 amide bonds. The number of rotatable bonds is 15. The van der Waals surface area contributed by atoms with Crippen LogP contribution in [0.1, 0.15) is 30.5 Å². The van der Waals surface area contributed by atoms with Gasteiger partial charge in [-0.1, -0.05) is 72.3 Å². The van der Waals surface area contributed by atoms with Crippen LogP contribution in [0.5, 0.6) is 5.75 Å². The molecule has 4 aromatic carbocycles. The predicted octanol–water partition coefficient (Wildman–Crippen LogP) is 6.09. The van der Waals surface area contributed by atoms with Crippen molar-refractivity contribution in [2.75, 3.05) is 30.3 Å². The predicted molar refractivity (Wildman–Crippen MR) is 185 cm³/mol. The number of sulfonamides is 1. The number of carbonyl (C=O) groups excluding carboxylic acids is 2. The van der Waals surface area contributed by atoms with E-state index in [1.54, 1.807) is 48.5 Å². The van der Waals surface area contributed by atoms with E-state index in [0.29, 0.717) is 18.9 Å². The minimum atomic E-state index is -4.25. The van der Waals surface area contributed by atoms with Crippen molar-refractivity contribution in [1.29, 1.82) is 0 Å². The second-order valence-electron chi connectivity index (χ2n) is 10.7. The Morgan fingerprint density at radius 1 is 0.870 bits per heavy atom. The zero-order valence-corrected chi connectivity index (χ0v) is 28.3. The molecule has 46 heavy (non-hydrogen) atoms. The summed E-state index contributed by atoms with van der Waals surface area (Å²) in [4.78, 5) is 30.7. The van der Waals surface area contributed by atoms with Crippen molar-refractivity contribution >= 4 is 39.3 Å². The van der Waals surface area contributed by atoms with E-state index in [0.717, 1.165) is 25.9 Å². The first-order chi connectivity index (χ1) is 22.2. The molecule has 0 spiro atoms. The number of benzene rings is 4. The summed E-state index contributed by atoms with van der Waals surface area (Å²) in [7, 11) is -4.25. The topological polar surface area (TPSA) is 96.0 Å². The number of likely N-dealkylation sites (N-methyl/N-ethyl adjacent to an activating group) is 1. The Kier molecular flexibility index (Phi) is 12.3. The van der Waals surface area contributed by atoms with Gasteiger partial charge in [-0.2, -0.15) is 0 Å². The van der Waals surface area contributed by atoms with Gasteiger partial charge in [-0.25, -0.2) is 8.42 Å². The summed E-state index contributed by atoms with van der Waals surface area (Å²) in [6, 6.07) is 29.6. The zero-order valence-electron chi connectivity index (χ0n) is 26.7. The van der Waals surface area contributed by atoms with Crippen LogP contribution in [0, 0.1) is 6.92 Å². The fraction of sp³-hybridized carbons (Fsp3) is 0.278. The molecule has 0 aliphatic rings. The molecule has 10 heteroatoms. The number of carbonyl (C=O) groups is 2. The Morgan fingerprint density at radius 3 is 2.20 bits per heavy atom. The lowest BCUT2D eigenvalue weighted by Crippen LogP contribution is -2.53. The van der Waals surface area contributed by atoms with Gasteiger partial charge in [0.15, 0.2) is 0 Å². The second-order valence-corrected chi connectivity index (χ2v) is 13.4. The summed E-state index contributed by atoms with van der Waals surface area (Å²) >= 11 is 1.50. The Labute approximate surface area is 276 Å². The molecule has 1 atom stereocenters. The fourth-order valence-electron chi connectivity index (χ4n) is 5.18. The molecule has 0 fully saturated rings. The third kappa shape index (κ3) is 8.70. The average molecular weight is 660 g/mol. The monoisotopic (exact) mass is 659 g/mol. The van der Waals surface area contributed by atoms with Gasteiger partial charge >= 0.3 is 0 Å². The highest BCUT2D eigenvalue weighted by Gasteiger charge is 2.35. The fourth-order valence-corrected chi connectivity index (χ4v) is 7.02. The summed E-state index contributed by atoms with van der Waals surface area (Å²) in [5, 5.41) is 2.89. The molecular formula is C36H41N3O5S2. The van der Waals surface area contributed by atoms with Crippen LogP contribution in [0.25, 0.3) is 0 Å². The van der Waals surface area contributed by atoms with Crippen LogP contribution in [0.3, 0.4) is 0 Å². The minimum absolute atomic E-state index is 0.0409. The van der Waals surface area contributed by atoms with E-state index in [1.807, 2.05) is 81.6 Å². The third-order valence-corrected chi connectivity index (χ3v) is 9.94. The van der Waals surface area contributed by atoms with Crippen molar-refractivity contribution in [3.8, 4) is 5.75 Å². The van der Waals surface area contributed by atoms with E-state index in [-0.39, 0.29) is 29.5 Å². The average Bonchev–Trinajstić information content (AvgIpc) is 3.06. The molecular weight excluding hydrogens is 619 g/mol. The van der Waals surface area contributed by atoms with Gasteiger partial charge in [0.2, 0.25) is 11.8 Å². The lowest BCUT2D eigenvalue weighted by Gasteiger charge is -2.34. The first-order valence-electron chi connectivity index (χ1n) is 15.2. The number of anilines is 1. The van der Waals surface area contributed by atoms with E-state index < -0.39 is 28.5 Å². The van der Waals surface area contributed by atoms with E-state index in [4.69, 9.17) is 4.74 Å². The quantitative estimate of drug-likeness (QED) is 0.155. The highest BCUT2D eigenvalue weighted by atomic mass is 32.2. The normalized spacial score (nSPS) is 11.8. The number of thioether (sulfide) groups is 1. The van der Waals surface area contributed by atoms with Gasteiger partial charge in [0.1, 0.15) is 18.3 Å². The molecule has 0 saturated heterocycles.